The Hall–Kier alpha value is -1.31. The van der Waals surface area contributed by atoms with Crippen molar-refractivity contribution in [2.75, 3.05) is 26.7 Å². The number of methoxy groups -OCH3 is 1. The summed E-state index contributed by atoms with van der Waals surface area (Å²) in [6.45, 7) is 4.09. The third-order valence-corrected chi connectivity index (χ3v) is 5.22. The van der Waals surface area contributed by atoms with Crippen LogP contribution in [0.2, 0.25) is 5.02 Å². The van der Waals surface area contributed by atoms with Crippen LogP contribution in [0, 0.1) is 0 Å². The van der Waals surface area contributed by atoms with Gasteiger partial charge in [0.2, 0.25) is 15.9 Å². The van der Waals surface area contributed by atoms with Crippen LogP contribution in [-0.2, 0) is 14.8 Å². The van der Waals surface area contributed by atoms with Gasteiger partial charge in [0.1, 0.15) is 5.75 Å². The summed E-state index contributed by atoms with van der Waals surface area (Å²) >= 11 is 5.97. The second-order valence-electron chi connectivity index (χ2n) is 4.58. The molecule has 0 saturated heterocycles. The molecule has 1 rings (SSSR count). The Morgan fingerprint density at radius 1 is 1.36 bits per heavy atom. The first-order valence-corrected chi connectivity index (χ1v) is 8.79. The van der Waals surface area contributed by atoms with E-state index in [0.717, 1.165) is 10.7 Å². The number of benzene rings is 1. The summed E-state index contributed by atoms with van der Waals surface area (Å²) in [5, 5.41) is 2.86. The van der Waals surface area contributed by atoms with E-state index in [2.05, 4.69) is 5.32 Å². The molecule has 0 heterocycles. The van der Waals surface area contributed by atoms with Crippen molar-refractivity contribution in [3.63, 3.8) is 0 Å². The van der Waals surface area contributed by atoms with E-state index in [1.807, 2.05) is 6.92 Å². The number of hydrogen-bond acceptors (Lipinski definition) is 4. The third kappa shape index (κ3) is 4.59. The van der Waals surface area contributed by atoms with Gasteiger partial charge in [-0.25, -0.2) is 8.42 Å². The normalized spacial score (nSPS) is 11.5. The van der Waals surface area contributed by atoms with Gasteiger partial charge in [-0.05, 0) is 24.6 Å². The molecule has 1 amide bonds. The maximum absolute atomic E-state index is 12.6. The van der Waals surface area contributed by atoms with Crippen LogP contribution < -0.4 is 10.1 Å². The molecule has 0 radical (unpaired) electrons. The first-order valence-electron chi connectivity index (χ1n) is 6.97. The van der Waals surface area contributed by atoms with Crippen molar-refractivity contribution >= 4 is 27.5 Å². The van der Waals surface area contributed by atoms with E-state index in [4.69, 9.17) is 16.3 Å². The fourth-order valence-electron chi connectivity index (χ4n) is 1.80. The minimum Gasteiger partial charge on any atom is -0.495 e. The molecule has 124 valence electrons. The van der Waals surface area contributed by atoms with Gasteiger partial charge in [0.05, 0.1) is 23.6 Å². The number of sulfonamides is 1. The second kappa shape index (κ2) is 8.36. The van der Waals surface area contributed by atoms with Gasteiger partial charge in [-0.1, -0.05) is 25.4 Å². The maximum Gasteiger partial charge on any atom is 0.243 e. The van der Waals surface area contributed by atoms with Crippen molar-refractivity contribution in [2.45, 2.75) is 25.2 Å². The van der Waals surface area contributed by atoms with Crippen molar-refractivity contribution in [1.29, 1.82) is 0 Å². The predicted molar refractivity (Wildman–Crippen MR) is 85.7 cm³/mol. The number of halogens is 1. The van der Waals surface area contributed by atoms with Crippen LogP contribution >= 0.6 is 11.6 Å². The van der Waals surface area contributed by atoms with Crippen molar-refractivity contribution in [1.82, 2.24) is 9.62 Å². The summed E-state index contributed by atoms with van der Waals surface area (Å²) in [4.78, 5) is 11.8. The lowest BCUT2D eigenvalue weighted by molar-refractivity contribution is -0.121. The van der Waals surface area contributed by atoms with Crippen molar-refractivity contribution < 1.29 is 17.9 Å². The van der Waals surface area contributed by atoms with Crippen LogP contribution in [0.4, 0.5) is 0 Å². The molecule has 22 heavy (non-hydrogen) atoms. The van der Waals surface area contributed by atoms with Gasteiger partial charge in [0, 0.05) is 13.1 Å². The molecule has 0 saturated carbocycles. The van der Waals surface area contributed by atoms with Crippen molar-refractivity contribution in [3.8, 4) is 5.75 Å². The first kappa shape index (κ1) is 18.7. The Kier molecular flexibility index (Phi) is 7.12. The number of ether oxygens (including phenoxy) is 1. The van der Waals surface area contributed by atoms with E-state index >= 15 is 0 Å². The Bertz CT molecular complexity index is 619. The SMILES string of the molecule is CCCNC(=O)CN(CC)S(=O)(=O)c1ccc(OC)c(Cl)c1. The number of nitrogens with zero attached hydrogens (tertiary/aromatic N) is 1. The summed E-state index contributed by atoms with van der Waals surface area (Å²) in [7, 11) is -2.34. The Morgan fingerprint density at radius 2 is 2.05 bits per heavy atom. The van der Waals surface area contributed by atoms with Gasteiger partial charge < -0.3 is 10.1 Å². The maximum atomic E-state index is 12.6. The molecule has 8 heteroatoms. The topological polar surface area (TPSA) is 75.7 Å². The fraction of sp³-hybridized carbons (Fsp3) is 0.500. The lowest BCUT2D eigenvalue weighted by Gasteiger charge is -2.20. The highest BCUT2D eigenvalue weighted by atomic mass is 35.5. The number of carbonyl (C=O) groups excluding carboxylic acids is 1. The zero-order chi connectivity index (χ0) is 16.8. The van der Waals surface area contributed by atoms with Gasteiger partial charge in [-0.15, -0.1) is 0 Å². The number of nitrogens with one attached hydrogen (secondary N) is 1. The van der Waals surface area contributed by atoms with Crippen LogP contribution in [0.3, 0.4) is 0 Å². The first-order chi connectivity index (χ1) is 10.4. The third-order valence-electron chi connectivity index (χ3n) is 3.01. The van der Waals surface area contributed by atoms with E-state index in [-0.39, 0.29) is 28.9 Å². The van der Waals surface area contributed by atoms with Gasteiger partial charge in [-0.3, -0.25) is 4.79 Å². The zero-order valence-corrected chi connectivity index (χ0v) is 14.5. The molecule has 0 fully saturated rings. The lowest BCUT2D eigenvalue weighted by atomic mass is 10.3. The number of rotatable bonds is 8. The molecule has 6 nitrogen and oxygen atoms in total. The number of carbonyl (C=O) groups is 1. The molecule has 0 spiro atoms. The van der Waals surface area contributed by atoms with Crippen LogP contribution in [-0.4, -0.2) is 45.4 Å². The van der Waals surface area contributed by atoms with Crippen molar-refractivity contribution in [2.24, 2.45) is 0 Å². The summed E-state index contributed by atoms with van der Waals surface area (Å²) in [5.41, 5.74) is 0. The van der Waals surface area contributed by atoms with E-state index in [1.54, 1.807) is 6.92 Å². The Balaban J connectivity index is 2.99. The molecule has 0 aliphatic carbocycles. The molecular weight excluding hydrogens is 328 g/mol. The quantitative estimate of drug-likeness (QED) is 0.778. The van der Waals surface area contributed by atoms with E-state index < -0.39 is 10.0 Å². The molecule has 0 bridgehead atoms. The average Bonchev–Trinajstić information content (AvgIpc) is 2.50. The van der Waals surface area contributed by atoms with Crippen molar-refractivity contribution in [3.05, 3.63) is 23.2 Å². The van der Waals surface area contributed by atoms with E-state index in [0.29, 0.717) is 12.3 Å². The predicted octanol–water partition coefficient (Wildman–Crippen LogP) is 1.89. The molecule has 1 aromatic carbocycles. The molecule has 0 unspecified atom stereocenters. The summed E-state index contributed by atoms with van der Waals surface area (Å²) in [5.74, 6) is 0.0660. The molecule has 0 aromatic heterocycles. The smallest absolute Gasteiger partial charge is 0.243 e. The summed E-state index contributed by atoms with van der Waals surface area (Å²) in [6.07, 6.45) is 0.790. The minimum absolute atomic E-state index is 0.0310. The largest absolute Gasteiger partial charge is 0.495 e. The fourth-order valence-corrected chi connectivity index (χ4v) is 3.56. The molecular formula is C14H21ClN2O4S. The highest BCUT2D eigenvalue weighted by Crippen LogP contribution is 2.28. The van der Waals surface area contributed by atoms with Crippen LogP contribution in [0.1, 0.15) is 20.3 Å². The highest BCUT2D eigenvalue weighted by molar-refractivity contribution is 7.89. The van der Waals surface area contributed by atoms with E-state index in [9.17, 15) is 13.2 Å². The Morgan fingerprint density at radius 3 is 2.55 bits per heavy atom. The summed E-state index contributed by atoms with van der Waals surface area (Å²) < 4.78 is 31.3. The minimum atomic E-state index is -3.79. The van der Waals surface area contributed by atoms with Gasteiger partial charge >= 0.3 is 0 Å². The number of amides is 1. The van der Waals surface area contributed by atoms with Gasteiger partial charge in [0.15, 0.2) is 0 Å². The molecule has 0 atom stereocenters. The van der Waals surface area contributed by atoms with Gasteiger partial charge in [-0.2, -0.15) is 4.31 Å². The molecule has 0 aliphatic heterocycles. The highest BCUT2D eigenvalue weighted by Gasteiger charge is 2.25. The summed E-state index contributed by atoms with van der Waals surface area (Å²) in [6, 6.07) is 4.22. The average molecular weight is 349 g/mol. The van der Waals surface area contributed by atoms with Gasteiger partial charge in [0.25, 0.3) is 0 Å². The standard InChI is InChI=1S/C14H21ClN2O4S/c1-4-8-16-14(18)10-17(5-2)22(19,20)11-6-7-13(21-3)12(15)9-11/h6-7,9H,4-5,8,10H2,1-3H3,(H,16,18). The van der Waals surface area contributed by atoms with E-state index in [1.165, 1.54) is 25.3 Å². The molecule has 1 aromatic rings. The second-order valence-corrected chi connectivity index (χ2v) is 6.92. The van der Waals surface area contributed by atoms with Crippen LogP contribution in [0.25, 0.3) is 0 Å². The monoisotopic (exact) mass is 348 g/mol. The molecule has 0 aliphatic rings. The van der Waals surface area contributed by atoms with Crippen LogP contribution in [0.5, 0.6) is 5.75 Å². The zero-order valence-electron chi connectivity index (χ0n) is 12.9. The number of hydrogen-bond donors (Lipinski definition) is 1. The number of likely N-dealkylation sites (N-methyl/N-ethyl adjacent to an activating group) is 1. The van der Waals surface area contributed by atoms with Crippen LogP contribution in [0.15, 0.2) is 23.1 Å². The lowest BCUT2D eigenvalue weighted by Crippen LogP contribution is -2.40. The molecule has 1 N–H and O–H groups in total. The Labute approximate surface area is 136 Å².